The van der Waals surface area contributed by atoms with Crippen molar-refractivity contribution in [1.29, 1.82) is 0 Å². The highest BCUT2D eigenvalue weighted by molar-refractivity contribution is 5.95. The molecule has 17 heavy (non-hydrogen) atoms. The third-order valence-corrected chi connectivity index (χ3v) is 3.36. The number of nitrogens with two attached hydrogens (primary N) is 1. The summed E-state index contributed by atoms with van der Waals surface area (Å²) in [7, 11) is 0. The van der Waals surface area contributed by atoms with E-state index in [2.05, 4.69) is 10.3 Å². The van der Waals surface area contributed by atoms with Gasteiger partial charge in [-0.15, -0.1) is 0 Å². The standard InChI is InChI=1S/C13H21N3O/c1-4-13(5-2,9-14)12(17)16-11-6-10(3)7-15-8-11/h6-8H,4-5,9,14H2,1-3H3,(H,16,17). The van der Waals surface area contributed by atoms with Crippen LogP contribution in [0.1, 0.15) is 32.3 Å². The summed E-state index contributed by atoms with van der Waals surface area (Å²) < 4.78 is 0. The molecule has 1 heterocycles. The maximum absolute atomic E-state index is 12.2. The van der Waals surface area contributed by atoms with Gasteiger partial charge < -0.3 is 11.1 Å². The quantitative estimate of drug-likeness (QED) is 0.821. The Hall–Kier alpha value is -1.42. The molecule has 0 saturated heterocycles. The monoisotopic (exact) mass is 235 g/mol. The van der Waals surface area contributed by atoms with E-state index in [1.807, 2.05) is 26.8 Å². The molecule has 4 heteroatoms. The van der Waals surface area contributed by atoms with Gasteiger partial charge in [-0.1, -0.05) is 13.8 Å². The van der Waals surface area contributed by atoms with Crippen molar-refractivity contribution < 1.29 is 4.79 Å². The number of pyridine rings is 1. The fourth-order valence-electron chi connectivity index (χ4n) is 1.84. The van der Waals surface area contributed by atoms with Crippen LogP contribution in [0.3, 0.4) is 0 Å². The summed E-state index contributed by atoms with van der Waals surface area (Å²) in [6, 6.07) is 1.90. The highest BCUT2D eigenvalue weighted by Crippen LogP contribution is 2.26. The van der Waals surface area contributed by atoms with E-state index in [0.29, 0.717) is 6.54 Å². The van der Waals surface area contributed by atoms with Crippen LogP contribution in [0.5, 0.6) is 0 Å². The number of hydrogen-bond acceptors (Lipinski definition) is 3. The van der Waals surface area contributed by atoms with Crippen molar-refractivity contribution in [3.8, 4) is 0 Å². The van der Waals surface area contributed by atoms with Crippen LogP contribution in [0.25, 0.3) is 0 Å². The van der Waals surface area contributed by atoms with Crippen molar-refractivity contribution >= 4 is 11.6 Å². The number of nitrogens with one attached hydrogen (secondary N) is 1. The van der Waals surface area contributed by atoms with Gasteiger partial charge in [-0.2, -0.15) is 0 Å². The molecule has 0 atom stereocenters. The first kappa shape index (κ1) is 13.6. The molecule has 0 aliphatic carbocycles. The maximum Gasteiger partial charge on any atom is 0.231 e. The van der Waals surface area contributed by atoms with Gasteiger partial charge in [-0.3, -0.25) is 9.78 Å². The number of nitrogens with zero attached hydrogens (tertiary/aromatic N) is 1. The van der Waals surface area contributed by atoms with Gasteiger partial charge in [0.05, 0.1) is 17.3 Å². The van der Waals surface area contributed by atoms with Crippen LogP contribution in [-0.4, -0.2) is 17.4 Å². The lowest BCUT2D eigenvalue weighted by molar-refractivity contribution is -0.125. The van der Waals surface area contributed by atoms with Gasteiger partial charge >= 0.3 is 0 Å². The summed E-state index contributed by atoms with van der Waals surface area (Å²) in [5, 5.41) is 2.90. The highest BCUT2D eigenvalue weighted by atomic mass is 16.2. The number of aryl methyl sites for hydroxylation is 1. The normalized spacial score (nSPS) is 11.3. The van der Waals surface area contributed by atoms with E-state index in [0.717, 1.165) is 24.1 Å². The highest BCUT2D eigenvalue weighted by Gasteiger charge is 2.33. The summed E-state index contributed by atoms with van der Waals surface area (Å²) in [6.07, 6.45) is 4.89. The molecule has 1 aromatic rings. The average molecular weight is 235 g/mol. The lowest BCUT2D eigenvalue weighted by Crippen LogP contribution is -2.41. The summed E-state index contributed by atoms with van der Waals surface area (Å²) in [5.74, 6) is -0.0163. The Morgan fingerprint density at radius 2 is 2.06 bits per heavy atom. The summed E-state index contributed by atoms with van der Waals surface area (Å²) >= 11 is 0. The number of rotatable bonds is 5. The van der Waals surface area contributed by atoms with E-state index in [9.17, 15) is 4.79 Å². The Balaban J connectivity index is 2.84. The molecule has 0 fully saturated rings. The largest absolute Gasteiger partial charge is 0.329 e. The van der Waals surface area contributed by atoms with Crippen LogP contribution in [0.15, 0.2) is 18.5 Å². The Morgan fingerprint density at radius 1 is 1.41 bits per heavy atom. The Kier molecular flexibility index (Phi) is 4.63. The SMILES string of the molecule is CCC(CC)(CN)C(=O)Nc1cncc(C)c1. The average Bonchev–Trinajstić information content (AvgIpc) is 2.32. The Bertz CT molecular complexity index is 378. The molecule has 0 spiro atoms. The molecule has 0 unspecified atom stereocenters. The summed E-state index contributed by atoms with van der Waals surface area (Å²) in [6.45, 7) is 6.29. The van der Waals surface area contributed by atoms with Crippen LogP contribution >= 0.6 is 0 Å². The fourth-order valence-corrected chi connectivity index (χ4v) is 1.84. The number of hydrogen-bond donors (Lipinski definition) is 2. The van der Waals surface area contributed by atoms with Crippen LogP contribution in [-0.2, 0) is 4.79 Å². The van der Waals surface area contributed by atoms with Crippen molar-refractivity contribution in [2.24, 2.45) is 11.1 Å². The second kappa shape index (κ2) is 5.77. The predicted octanol–water partition coefficient (Wildman–Crippen LogP) is 2.09. The second-order valence-corrected chi connectivity index (χ2v) is 4.40. The van der Waals surface area contributed by atoms with Crippen molar-refractivity contribution in [3.05, 3.63) is 24.0 Å². The summed E-state index contributed by atoms with van der Waals surface area (Å²) in [5.41, 5.74) is 7.02. The Morgan fingerprint density at radius 3 is 2.53 bits per heavy atom. The minimum absolute atomic E-state index is 0.0163. The molecule has 0 aliphatic heterocycles. The molecular formula is C13H21N3O. The van der Waals surface area contributed by atoms with E-state index >= 15 is 0 Å². The molecule has 0 aromatic carbocycles. The zero-order chi connectivity index (χ0) is 12.9. The molecular weight excluding hydrogens is 214 g/mol. The lowest BCUT2D eigenvalue weighted by atomic mass is 9.81. The van der Waals surface area contributed by atoms with Crippen LogP contribution < -0.4 is 11.1 Å². The zero-order valence-corrected chi connectivity index (χ0v) is 10.8. The molecule has 0 radical (unpaired) electrons. The molecule has 1 rings (SSSR count). The van der Waals surface area contributed by atoms with Gasteiger partial charge in [-0.25, -0.2) is 0 Å². The Labute approximate surface area is 103 Å². The van der Waals surface area contributed by atoms with E-state index < -0.39 is 5.41 Å². The molecule has 4 nitrogen and oxygen atoms in total. The molecule has 0 aliphatic rings. The number of carbonyl (C=O) groups is 1. The first-order valence-corrected chi connectivity index (χ1v) is 6.01. The van der Waals surface area contributed by atoms with Crippen LogP contribution in [0, 0.1) is 12.3 Å². The number of anilines is 1. The third kappa shape index (κ3) is 3.03. The van der Waals surface area contributed by atoms with Gasteiger partial charge in [0, 0.05) is 12.7 Å². The zero-order valence-electron chi connectivity index (χ0n) is 10.8. The van der Waals surface area contributed by atoms with Gasteiger partial charge in [0.15, 0.2) is 0 Å². The van der Waals surface area contributed by atoms with Gasteiger partial charge in [0.25, 0.3) is 0 Å². The minimum Gasteiger partial charge on any atom is -0.329 e. The molecule has 1 amide bonds. The molecule has 1 aromatic heterocycles. The van der Waals surface area contributed by atoms with Crippen molar-refractivity contribution in [2.75, 3.05) is 11.9 Å². The maximum atomic E-state index is 12.2. The fraction of sp³-hybridized carbons (Fsp3) is 0.538. The number of amides is 1. The van der Waals surface area contributed by atoms with E-state index in [4.69, 9.17) is 5.73 Å². The lowest BCUT2D eigenvalue weighted by Gasteiger charge is -2.28. The first-order valence-electron chi connectivity index (χ1n) is 6.01. The second-order valence-electron chi connectivity index (χ2n) is 4.40. The topological polar surface area (TPSA) is 68.0 Å². The van der Waals surface area contributed by atoms with Gasteiger partial charge in [0.1, 0.15) is 0 Å². The smallest absolute Gasteiger partial charge is 0.231 e. The first-order chi connectivity index (χ1) is 8.07. The van der Waals surface area contributed by atoms with Gasteiger partial charge in [0.2, 0.25) is 5.91 Å². The van der Waals surface area contributed by atoms with E-state index in [1.165, 1.54) is 0 Å². The van der Waals surface area contributed by atoms with Crippen molar-refractivity contribution in [1.82, 2.24) is 4.98 Å². The predicted molar refractivity (Wildman–Crippen MR) is 69.7 cm³/mol. The van der Waals surface area contributed by atoms with Crippen molar-refractivity contribution in [3.63, 3.8) is 0 Å². The number of carbonyl (C=O) groups excluding carboxylic acids is 1. The molecule has 0 saturated carbocycles. The van der Waals surface area contributed by atoms with Gasteiger partial charge in [-0.05, 0) is 31.4 Å². The molecule has 3 N–H and O–H groups in total. The van der Waals surface area contributed by atoms with Crippen LogP contribution in [0.4, 0.5) is 5.69 Å². The third-order valence-electron chi connectivity index (χ3n) is 3.36. The minimum atomic E-state index is -0.469. The van der Waals surface area contributed by atoms with E-state index in [-0.39, 0.29) is 5.91 Å². The number of aromatic nitrogens is 1. The van der Waals surface area contributed by atoms with Crippen molar-refractivity contribution in [2.45, 2.75) is 33.6 Å². The van der Waals surface area contributed by atoms with Crippen LogP contribution in [0.2, 0.25) is 0 Å². The summed E-state index contributed by atoms with van der Waals surface area (Å²) in [4.78, 5) is 16.3. The molecule has 0 bridgehead atoms. The van der Waals surface area contributed by atoms with E-state index in [1.54, 1.807) is 12.4 Å². The molecule has 94 valence electrons.